The molecule has 0 heterocycles. The number of carboxylic acids is 4. The second-order valence-corrected chi connectivity index (χ2v) is 8.79. The normalized spacial score (nSPS) is 35.5. The Morgan fingerprint density at radius 1 is 0.548 bits per heavy atom. The molecule has 0 amide bonds. The first kappa shape index (κ1) is 24.3. The van der Waals surface area contributed by atoms with Gasteiger partial charge in [0.05, 0.1) is 10.8 Å². The molecule has 0 aromatic carbocycles. The lowest BCUT2D eigenvalue weighted by Crippen LogP contribution is -2.61. The number of aliphatic carboxylic acids is 4. The van der Waals surface area contributed by atoms with E-state index in [1.807, 2.05) is 0 Å². The molecule has 172 valence electrons. The van der Waals surface area contributed by atoms with Gasteiger partial charge < -0.3 is 25.2 Å². The maximum atomic E-state index is 13.1. The second kappa shape index (κ2) is 7.93. The van der Waals surface area contributed by atoms with E-state index in [9.17, 15) is 49.2 Å². The Labute approximate surface area is 177 Å². The van der Waals surface area contributed by atoms with Crippen LogP contribution in [0.3, 0.4) is 0 Å². The van der Waals surface area contributed by atoms with E-state index in [0.717, 1.165) is 13.8 Å². The summed E-state index contributed by atoms with van der Waals surface area (Å²) in [6.45, 7) is 2.15. The van der Waals surface area contributed by atoms with Crippen LogP contribution in [0.25, 0.3) is 0 Å². The first-order chi connectivity index (χ1) is 14.2. The highest BCUT2D eigenvalue weighted by molar-refractivity contribution is 6.12. The van der Waals surface area contributed by atoms with E-state index in [2.05, 4.69) is 0 Å². The summed E-state index contributed by atoms with van der Waals surface area (Å²) < 4.78 is 4.78. The Hall–Kier alpha value is -2.98. The average molecular weight is 442 g/mol. The van der Waals surface area contributed by atoms with Crippen molar-refractivity contribution in [3.63, 3.8) is 0 Å². The van der Waals surface area contributed by atoms with Gasteiger partial charge in [-0.25, -0.2) is 0 Å². The summed E-state index contributed by atoms with van der Waals surface area (Å²) in [6, 6.07) is 0. The number of hydrogen-bond acceptors (Lipinski definition) is 7. The molecule has 2 fully saturated rings. The molecule has 31 heavy (non-hydrogen) atoms. The van der Waals surface area contributed by atoms with E-state index in [4.69, 9.17) is 4.74 Å². The van der Waals surface area contributed by atoms with Gasteiger partial charge in [-0.1, -0.05) is 25.7 Å². The SMILES string of the molecule is CC1(C(=O)O)CCCCC1(C(=O)O)C(=O)OC(=O)C1(C(=O)O)CCCCC1(C)C(=O)O. The zero-order valence-electron chi connectivity index (χ0n) is 17.3. The quantitative estimate of drug-likeness (QED) is 0.344. The van der Waals surface area contributed by atoms with Crippen LogP contribution in [0.5, 0.6) is 0 Å². The zero-order chi connectivity index (χ0) is 23.8. The van der Waals surface area contributed by atoms with Gasteiger partial charge >= 0.3 is 35.8 Å². The molecule has 2 aliphatic rings. The standard InChI is InChI=1S/C20H26O11/c1-17(11(21)22)7-3-5-9-19(17,13(25)26)15(29)31-16(30)20(14(27)28)10-6-4-8-18(20,2)12(23)24/h3-10H2,1-2H3,(H,21,22)(H,23,24)(H,25,26)(H,27,28). The highest BCUT2D eigenvalue weighted by Crippen LogP contribution is 2.55. The number of carbonyl (C=O) groups is 6. The summed E-state index contributed by atoms with van der Waals surface area (Å²) >= 11 is 0. The maximum Gasteiger partial charge on any atom is 0.332 e. The molecule has 0 saturated heterocycles. The van der Waals surface area contributed by atoms with Crippen LogP contribution in [0.15, 0.2) is 0 Å². The zero-order valence-corrected chi connectivity index (χ0v) is 17.3. The van der Waals surface area contributed by atoms with E-state index >= 15 is 0 Å². The maximum absolute atomic E-state index is 13.1. The topological polar surface area (TPSA) is 193 Å². The van der Waals surface area contributed by atoms with Crippen molar-refractivity contribution in [1.29, 1.82) is 0 Å². The van der Waals surface area contributed by atoms with Gasteiger partial charge in [0.15, 0.2) is 10.8 Å². The lowest BCUT2D eigenvalue weighted by Gasteiger charge is -2.46. The molecule has 2 aliphatic carbocycles. The summed E-state index contributed by atoms with van der Waals surface area (Å²) in [5.41, 5.74) is -9.46. The minimum absolute atomic E-state index is 0.172. The molecule has 4 atom stereocenters. The fourth-order valence-electron chi connectivity index (χ4n) is 5.07. The van der Waals surface area contributed by atoms with Crippen LogP contribution in [-0.2, 0) is 33.5 Å². The monoisotopic (exact) mass is 442 g/mol. The summed E-state index contributed by atoms with van der Waals surface area (Å²) in [5.74, 6) is -10.1. The molecule has 0 radical (unpaired) electrons. The van der Waals surface area contributed by atoms with E-state index < -0.39 is 70.3 Å². The van der Waals surface area contributed by atoms with Crippen molar-refractivity contribution in [2.45, 2.75) is 65.2 Å². The first-order valence-electron chi connectivity index (χ1n) is 9.94. The fraction of sp³-hybridized carbons (Fsp3) is 0.700. The number of carboxylic acid groups (broad SMARTS) is 4. The predicted molar refractivity (Wildman–Crippen MR) is 99.7 cm³/mol. The van der Waals surface area contributed by atoms with Crippen molar-refractivity contribution in [1.82, 2.24) is 0 Å². The molecule has 11 heteroatoms. The van der Waals surface area contributed by atoms with E-state index in [1.165, 1.54) is 0 Å². The third-order valence-corrected chi connectivity index (χ3v) is 7.40. The largest absolute Gasteiger partial charge is 0.481 e. The van der Waals surface area contributed by atoms with Crippen LogP contribution >= 0.6 is 0 Å². The third-order valence-electron chi connectivity index (χ3n) is 7.40. The molecule has 0 aromatic heterocycles. The average Bonchev–Trinajstić information content (AvgIpc) is 2.67. The minimum Gasteiger partial charge on any atom is -0.481 e. The summed E-state index contributed by atoms with van der Waals surface area (Å²) in [6.07, 6.45) is -0.181. The Morgan fingerprint density at radius 2 is 0.839 bits per heavy atom. The fourth-order valence-corrected chi connectivity index (χ4v) is 5.07. The van der Waals surface area contributed by atoms with Crippen LogP contribution in [0, 0.1) is 21.7 Å². The van der Waals surface area contributed by atoms with Gasteiger partial charge in [0, 0.05) is 0 Å². The van der Waals surface area contributed by atoms with Crippen molar-refractivity contribution in [3.05, 3.63) is 0 Å². The van der Waals surface area contributed by atoms with Gasteiger partial charge in [0.25, 0.3) is 0 Å². The molecule has 11 nitrogen and oxygen atoms in total. The number of rotatable bonds is 6. The first-order valence-corrected chi connectivity index (χ1v) is 9.94. The van der Waals surface area contributed by atoms with Crippen molar-refractivity contribution in [3.8, 4) is 0 Å². The highest BCUT2D eigenvalue weighted by atomic mass is 16.6. The summed E-state index contributed by atoms with van der Waals surface area (Å²) in [5, 5.41) is 39.1. The van der Waals surface area contributed by atoms with Crippen LogP contribution in [0.4, 0.5) is 0 Å². The molecule has 0 spiro atoms. The molecule has 4 N–H and O–H groups in total. The molecular weight excluding hydrogens is 416 g/mol. The van der Waals surface area contributed by atoms with Gasteiger partial charge in [0.1, 0.15) is 0 Å². The van der Waals surface area contributed by atoms with E-state index in [1.54, 1.807) is 0 Å². The third kappa shape index (κ3) is 3.17. The van der Waals surface area contributed by atoms with Gasteiger partial charge in [-0.05, 0) is 39.5 Å². The van der Waals surface area contributed by atoms with Crippen molar-refractivity contribution in [2.75, 3.05) is 0 Å². The lowest BCUT2D eigenvalue weighted by molar-refractivity contribution is -0.204. The molecule has 0 aromatic rings. The van der Waals surface area contributed by atoms with Crippen molar-refractivity contribution in [2.24, 2.45) is 21.7 Å². The van der Waals surface area contributed by atoms with Crippen molar-refractivity contribution >= 4 is 35.8 Å². The Bertz CT molecular complexity index is 780. The summed E-state index contributed by atoms with van der Waals surface area (Å²) in [7, 11) is 0. The molecule has 2 saturated carbocycles. The van der Waals surface area contributed by atoms with E-state index in [-0.39, 0.29) is 25.7 Å². The predicted octanol–water partition coefficient (Wildman–Crippen LogP) is 1.53. The number of hydrogen-bond donors (Lipinski definition) is 4. The van der Waals surface area contributed by atoms with Crippen LogP contribution in [0.2, 0.25) is 0 Å². The molecule has 4 unspecified atom stereocenters. The Morgan fingerprint density at radius 3 is 1.10 bits per heavy atom. The molecular formula is C20H26O11. The lowest BCUT2D eigenvalue weighted by atomic mass is 9.55. The Kier molecular flexibility index (Phi) is 6.22. The van der Waals surface area contributed by atoms with Crippen LogP contribution in [0.1, 0.15) is 65.2 Å². The Balaban J connectivity index is 2.56. The highest BCUT2D eigenvalue weighted by Gasteiger charge is 2.69. The smallest absolute Gasteiger partial charge is 0.332 e. The number of carbonyl (C=O) groups excluding carboxylic acids is 2. The van der Waals surface area contributed by atoms with Gasteiger partial charge in [-0.2, -0.15) is 0 Å². The molecule has 2 rings (SSSR count). The second-order valence-electron chi connectivity index (χ2n) is 8.79. The van der Waals surface area contributed by atoms with Crippen LogP contribution in [-0.4, -0.2) is 56.2 Å². The molecule has 0 aliphatic heterocycles. The summed E-state index contributed by atoms with van der Waals surface area (Å²) in [4.78, 5) is 74.3. The van der Waals surface area contributed by atoms with Crippen molar-refractivity contribution < 1.29 is 53.9 Å². The van der Waals surface area contributed by atoms with Gasteiger partial charge in [-0.3, -0.25) is 28.8 Å². The number of esters is 2. The number of ether oxygens (including phenoxy) is 1. The minimum atomic E-state index is -2.62. The van der Waals surface area contributed by atoms with E-state index in [0.29, 0.717) is 12.8 Å². The van der Waals surface area contributed by atoms with Gasteiger partial charge in [-0.15, -0.1) is 0 Å². The van der Waals surface area contributed by atoms with Crippen LogP contribution < -0.4 is 0 Å². The molecule has 0 bridgehead atoms. The van der Waals surface area contributed by atoms with Gasteiger partial charge in [0.2, 0.25) is 0 Å².